The summed E-state index contributed by atoms with van der Waals surface area (Å²) in [6.07, 6.45) is 2.46. The lowest BCUT2D eigenvalue weighted by atomic mass is 10.2. The molecule has 2 rings (SSSR count). The van der Waals surface area contributed by atoms with Gasteiger partial charge in [0.25, 0.3) is 5.91 Å². The molecule has 1 amide bonds. The van der Waals surface area contributed by atoms with Gasteiger partial charge in [0.05, 0.1) is 5.69 Å². The average Bonchev–Trinajstić information content (AvgIpc) is 2.84. The van der Waals surface area contributed by atoms with Crippen molar-refractivity contribution < 1.29 is 4.79 Å². The van der Waals surface area contributed by atoms with E-state index in [9.17, 15) is 4.79 Å². The van der Waals surface area contributed by atoms with Gasteiger partial charge in [0.15, 0.2) is 5.13 Å². The molecule has 4 nitrogen and oxygen atoms in total. The van der Waals surface area contributed by atoms with E-state index < -0.39 is 0 Å². The van der Waals surface area contributed by atoms with Crippen molar-refractivity contribution in [3.05, 3.63) is 10.6 Å². The van der Waals surface area contributed by atoms with Crippen LogP contribution in [0.25, 0.3) is 0 Å². The van der Waals surface area contributed by atoms with Crippen LogP contribution in [0.15, 0.2) is 0 Å². The van der Waals surface area contributed by atoms with Gasteiger partial charge in [-0.15, -0.1) is 0 Å². The molecule has 1 atom stereocenters. The van der Waals surface area contributed by atoms with Gasteiger partial charge in [-0.1, -0.05) is 11.3 Å². The second-order valence-corrected chi connectivity index (χ2v) is 6.25. The third-order valence-electron chi connectivity index (χ3n) is 2.53. The zero-order chi connectivity index (χ0) is 11.5. The third-order valence-corrected chi connectivity index (χ3v) is 4.92. The molecule has 0 radical (unpaired) electrons. The van der Waals surface area contributed by atoms with E-state index in [0.717, 1.165) is 12.2 Å². The van der Waals surface area contributed by atoms with E-state index in [-0.39, 0.29) is 5.91 Å². The summed E-state index contributed by atoms with van der Waals surface area (Å²) in [4.78, 5) is 16.5. The predicted octanol–water partition coefficient (Wildman–Crippen LogP) is 1.66. The molecule has 1 aliphatic heterocycles. The molecule has 0 bridgehead atoms. The summed E-state index contributed by atoms with van der Waals surface area (Å²) in [5.41, 5.74) is 6.28. The molecule has 6 heteroatoms. The summed E-state index contributed by atoms with van der Waals surface area (Å²) >= 11 is 3.19. The Morgan fingerprint density at radius 1 is 1.69 bits per heavy atom. The Kier molecular flexibility index (Phi) is 3.70. The molecule has 3 N–H and O–H groups in total. The van der Waals surface area contributed by atoms with Crippen molar-refractivity contribution in [2.75, 3.05) is 18.0 Å². The van der Waals surface area contributed by atoms with E-state index >= 15 is 0 Å². The van der Waals surface area contributed by atoms with Crippen LogP contribution in [0.2, 0.25) is 0 Å². The van der Waals surface area contributed by atoms with E-state index in [1.807, 2.05) is 18.7 Å². The number of thioether (sulfide) groups is 1. The fourth-order valence-corrected chi connectivity index (χ4v) is 3.67. The minimum absolute atomic E-state index is 0.0424. The number of rotatable bonds is 3. The molecule has 1 unspecified atom stereocenters. The van der Waals surface area contributed by atoms with E-state index in [1.54, 1.807) is 0 Å². The monoisotopic (exact) mass is 257 g/mol. The number of carbonyl (C=O) groups excluding carboxylic acids is 1. The maximum Gasteiger partial charge on any atom is 0.263 e. The van der Waals surface area contributed by atoms with Crippen molar-refractivity contribution in [3.8, 4) is 0 Å². The number of nitrogens with zero attached hydrogens (tertiary/aromatic N) is 1. The molecule has 0 aromatic carbocycles. The molecule has 0 saturated carbocycles. The van der Waals surface area contributed by atoms with Crippen LogP contribution in [-0.4, -0.2) is 28.4 Å². The molecule has 1 saturated heterocycles. The van der Waals surface area contributed by atoms with Crippen molar-refractivity contribution in [2.45, 2.75) is 25.0 Å². The lowest BCUT2D eigenvalue weighted by molar-refractivity contribution is 0.0957. The van der Waals surface area contributed by atoms with E-state index in [4.69, 9.17) is 5.73 Å². The molecule has 2 heterocycles. The highest BCUT2D eigenvalue weighted by molar-refractivity contribution is 8.00. The Bertz CT molecular complexity index is 385. The van der Waals surface area contributed by atoms with Gasteiger partial charge in [-0.25, -0.2) is 4.98 Å². The van der Waals surface area contributed by atoms with Gasteiger partial charge in [-0.3, -0.25) is 4.79 Å². The number of nitrogen functional groups attached to an aromatic ring is 1. The number of nitrogens with two attached hydrogens (primary N) is 1. The Morgan fingerprint density at radius 3 is 3.06 bits per heavy atom. The summed E-state index contributed by atoms with van der Waals surface area (Å²) in [6.45, 7) is 2.56. The zero-order valence-corrected chi connectivity index (χ0v) is 10.8. The lowest BCUT2D eigenvalue weighted by Crippen LogP contribution is -2.29. The molecule has 1 aliphatic rings. The second-order valence-electron chi connectivity index (χ2n) is 3.81. The number of thiazole rings is 1. The van der Waals surface area contributed by atoms with Crippen LogP contribution >= 0.6 is 23.1 Å². The molecular formula is C10H15N3OS2. The largest absolute Gasteiger partial charge is 0.375 e. The first-order valence-corrected chi connectivity index (χ1v) is 7.16. The highest BCUT2D eigenvalue weighted by atomic mass is 32.2. The summed E-state index contributed by atoms with van der Waals surface area (Å²) < 4.78 is 0. The van der Waals surface area contributed by atoms with Crippen LogP contribution in [0.1, 0.15) is 28.2 Å². The molecule has 1 aromatic heterocycles. The van der Waals surface area contributed by atoms with Gasteiger partial charge in [-0.2, -0.15) is 11.8 Å². The molecule has 1 fully saturated rings. The number of hydrogen-bond donors (Lipinski definition) is 2. The molecular weight excluding hydrogens is 242 g/mol. The predicted molar refractivity (Wildman–Crippen MR) is 69.1 cm³/mol. The van der Waals surface area contributed by atoms with E-state index in [0.29, 0.717) is 15.3 Å². The lowest BCUT2D eigenvalue weighted by Gasteiger charge is -2.09. The van der Waals surface area contributed by atoms with Gasteiger partial charge in [0.2, 0.25) is 0 Å². The maximum atomic E-state index is 11.8. The number of anilines is 1. The van der Waals surface area contributed by atoms with Gasteiger partial charge in [0.1, 0.15) is 4.88 Å². The Balaban J connectivity index is 1.90. The summed E-state index contributed by atoms with van der Waals surface area (Å²) in [5, 5.41) is 3.98. The van der Waals surface area contributed by atoms with Gasteiger partial charge < -0.3 is 11.1 Å². The number of carbonyl (C=O) groups is 1. The first-order valence-electron chi connectivity index (χ1n) is 5.29. The van der Waals surface area contributed by atoms with Crippen molar-refractivity contribution in [2.24, 2.45) is 0 Å². The van der Waals surface area contributed by atoms with Crippen LogP contribution in [-0.2, 0) is 0 Å². The quantitative estimate of drug-likeness (QED) is 0.864. The SMILES string of the molecule is Cc1nc(N)sc1C(=O)NCC1CCCS1. The molecule has 88 valence electrons. The molecule has 0 spiro atoms. The van der Waals surface area contributed by atoms with Crippen LogP contribution in [0.3, 0.4) is 0 Å². The Hall–Kier alpha value is -0.750. The van der Waals surface area contributed by atoms with Crippen molar-refractivity contribution in [1.29, 1.82) is 0 Å². The minimum atomic E-state index is -0.0424. The van der Waals surface area contributed by atoms with Crippen molar-refractivity contribution >= 4 is 34.1 Å². The number of aromatic nitrogens is 1. The van der Waals surface area contributed by atoms with Gasteiger partial charge in [-0.05, 0) is 25.5 Å². The van der Waals surface area contributed by atoms with E-state index in [2.05, 4.69) is 10.3 Å². The van der Waals surface area contributed by atoms with Crippen LogP contribution in [0.5, 0.6) is 0 Å². The Labute approximate surface area is 103 Å². The van der Waals surface area contributed by atoms with Crippen LogP contribution < -0.4 is 11.1 Å². The number of nitrogens with one attached hydrogen (secondary N) is 1. The second kappa shape index (κ2) is 5.05. The smallest absolute Gasteiger partial charge is 0.263 e. The van der Waals surface area contributed by atoms with E-state index in [1.165, 1.54) is 29.9 Å². The highest BCUT2D eigenvalue weighted by Gasteiger charge is 2.18. The minimum Gasteiger partial charge on any atom is -0.375 e. The fraction of sp³-hybridized carbons (Fsp3) is 0.600. The first-order chi connectivity index (χ1) is 7.66. The highest BCUT2D eigenvalue weighted by Crippen LogP contribution is 2.25. The number of amides is 1. The summed E-state index contributed by atoms with van der Waals surface area (Å²) in [7, 11) is 0. The maximum absolute atomic E-state index is 11.8. The van der Waals surface area contributed by atoms with Crippen molar-refractivity contribution in [1.82, 2.24) is 10.3 Å². The first kappa shape index (κ1) is 11.7. The fourth-order valence-electron chi connectivity index (χ4n) is 1.72. The summed E-state index contributed by atoms with van der Waals surface area (Å²) in [5.74, 6) is 1.17. The molecule has 16 heavy (non-hydrogen) atoms. The van der Waals surface area contributed by atoms with Gasteiger partial charge >= 0.3 is 0 Å². The zero-order valence-electron chi connectivity index (χ0n) is 9.16. The molecule has 1 aromatic rings. The van der Waals surface area contributed by atoms with Gasteiger partial charge in [0, 0.05) is 11.8 Å². The Morgan fingerprint density at radius 2 is 2.50 bits per heavy atom. The van der Waals surface area contributed by atoms with Crippen LogP contribution in [0.4, 0.5) is 5.13 Å². The number of aryl methyl sites for hydroxylation is 1. The standard InChI is InChI=1S/C10H15N3OS2/c1-6-8(16-10(11)13-6)9(14)12-5-7-3-2-4-15-7/h7H,2-5H2,1H3,(H2,11,13)(H,12,14). The van der Waals surface area contributed by atoms with Crippen molar-refractivity contribution in [3.63, 3.8) is 0 Å². The number of hydrogen-bond acceptors (Lipinski definition) is 5. The van der Waals surface area contributed by atoms with Crippen LogP contribution in [0, 0.1) is 6.92 Å². The summed E-state index contributed by atoms with van der Waals surface area (Å²) in [6, 6.07) is 0. The average molecular weight is 257 g/mol. The normalized spacial score (nSPS) is 19.9. The third kappa shape index (κ3) is 2.68. The molecule has 0 aliphatic carbocycles. The topological polar surface area (TPSA) is 68.0 Å².